The van der Waals surface area contributed by atoms with Crippen molar-refractivity contribution in [3.63, 3.8) is 0 Å². The first kappa shape index (κ1) is 16.2. The second-order valence-corrected chi connectivity index (χ2v) is 5.78. The summed E-state index contributed by atoms with van der Waals surface area (Å²) < 4.78 is 0. The number of benzene rings is 1. The van der Waals surface area contributed by atoms with Crippen LogP contribution in [0.4, 0.5) is 0 Å². The number of likely N-dealkylation sites (N-methyl/N-ethyl adjacent to an activating group) is 1. The zero-order chi connectivity index (χ0) is 15.8. The van der Waals surface area contributed by atoms with E-state index in [4.69, 9.17) is 0 Å². The predicted molar refractivity (Wildman–Crippen MR) is 87.3 cm³/mol. The van der Waals surface area contributed by atoms with E-state index < -0.39 is 0 Å². The minimum Gasteiger partial charge on any atom is -0.290 e. The van der Waals surface area contributed by atoms with Gasteiger partial charge in [-0.1, -0.05) is 31.2 Å². The van der Waals surface area contributed by atoms with Gasteiger partial charge in [-0.05, 0) is 30.1 Å². The maximum atomic E-state index is 11.9. The number of hydrogen-bond acceptors (Lipinski definition) is 4. The van der Waals surface area contributed by atoms with E-state index in [9.17, 15) is 9.59 Å². The summed E-state index contributed by atoms with van der Waals surface area (Å²) in [7, 11) is 0. The quantitative estimate of drug-likeness (QED) is 0.802. The average Bonchev–Trinajstić information content (AvgIpc) is 3.05. The van der Waals surface area contributed by atoms with E-state index in [1.165, 1.54) is 4.88 Å². The van der Waals surface area contributed by atoms with Crippen LogP contribution in [0.3, 0.4) is 0 Å². The first-order valence-electron chi connectivity index (χ1n) is 7.08. The van der Waals surface area contributed by atoms with Crippen LogP contribution in [0.25, 0.3) is 0 Å². The molecule has 22 heavy (non-hydrogen) atoms. The van der Waals surface area contributed by atoms with Crippen LogP contribution < -0.4 is 10.9 Å². The highest BCUT2D eigenvalue weighted by Crippen LogP contribution is 2.11. The Morgan fingerprint density at radius 2 is 1.86 bits per heavy atom. The lowest BCUT2D eigenvalue weighted by Crippen LogP contribution is -2.46. The minimum absolute atomic E-state index is 0.234. The van der Waals surface area contributed by atoms with Gasteiger partial charge in [0.05, 0.1) is 6.54 Å². The van der Waals surface area contributed by atoms with Crippen LogP contribution in [0, 0.1) is 0 Å². The molecule has 0 unspecified atom stereocenters. The van der Waals surface area contributed by atoms with E-state index in [0.717, 1.165) is 13.1 Å². The zero-order valence-corrected chi connectivity index (χ0v) is 13.2. The molecule has 0 aliphatic rings. The summed E-state index contributed by atoms with van der Waals surface area (Å²) in [6, 6.07) is 12.8. The molecule has 0 radical (unpaired) electrons. The number of hydrazine groups is 1. The normalized spacial score (nSPS) is 10.5. The number of nitrogens with one attached hydrogen (secondary N) is 2. The number of thiophene rings is 1. The van der Waals surface area contributed by atoms with E-state index in [1.54, 1.807) is 35.6 Å². The number of hydrogen-bond donors (Lipinski definition) is 2. The molecule has 2 amide bonds. The van der Waals surface area contributed by atoms with Gasteiger partial charge in [0.1, 0.15) is 0 Å². The van der Waals surface area contributed by atoms with Gasteiger partial charge in [0.15, 0.2) is 0 Å². The lowest BCUT2D eigenvalue weighted by atomic mass is 10.2. The van der Waals surface area contributed by atoms with Gasteiger partial charge in [0, 0.05) is 17.0 Å². The Morgan fingerprint density at radius 1 is 1.09 bits per heavy atom. The van der Waals surface area contributed by atoms with Gasteiger partial charge < -0.3 is 0 Å². The molecule has 2 aromatic rings. The predicted octanol–water partition coefficient (Wildman–Crippen LogP) is 2.03. The molecule has 1 aromatic heterocycles. The Morgan fingerprint density at radius 3 is 2.50 bits per heavy atom. The Hall–Kier alpha value is -2.18. The van der Waals surface area contributed by atoms with Crippen molar-refractivity contribution >= 4 is 23.2 Å². The van der Waals surface area contributed by atoms with Gasteiger partial charge in [-0.3, -0.25) is 25.3 Å². The third-order valence-electron chi connectivity index (χ3n) is 3.13. The fraction of sp³-hybridized carbons (Fsp3) is 0.250. The fourth-order valence-corrected chi connectivity index (χ4v) is 2.68. The van der Waals surface area contributed by atoms with E-state index in [0.29, 0.717) is 5.56 Å². The van der Waals surface area contributed by atoms with Crippen molar-refractivity contribution in [1.82, 2.24) is 15.8 Å². The van der Waals surface area contributed by atoms with Crippen LogP contribution in [0.15, 0.2) is 47.8 Å². The van der Waals surface area contributed by atoms with Crippen LogP contribution in [0.2, 0.25) is 0 Å². The third kappa shape index (κ3) is 4.98. The van der Waals surface area contributed by atoms with Gasteiger partial charge >= 0.3 is 0 Å². The molecule has 0 saturated heterocycles. The molecule has 5 nitrogen and oxygen atoms in total. The van der Waals surface area contributed by atoms with E-state index >= 15 is 0 Å². The molecule has 1 aromatic carbocycles. The second-order valence-electron chi connectivity index (χ2n) is 4.75. The Labute approximate surface area is 133 Å². The van der Waals surface area contributed by atoms with Crippen molar-refractivity contribution in [2.24, 2.45) is 0 Å². The highest BCUT2D eigenvalue weighted by molar-refractivity contribution is 7.09. The summed E-state index contributed by atoms with van der Waals surface area (Å²) >= 11 is 1.67. The highest BCUT2D eigenvalue weighted by atomic mass is 32.1. The smallest absolute Gasteiger partial charge is 0.269 e. The van der Waals surface area contributed by atoms with Gasteiger partial charge in [0.25, 0.3) is 11.8 Å². The third-order valence-corrected chi connectivity index (χ3v) is 3.99. The molecular formula is C16H19N3O2S. The molecule has 0 atom stereocenters. The molecule has 1 heterocycles. The molecule has 0 spiro atoms. The minimum atomic E-state index is -0.324. The number of rotatable bonds is 6. The SMILES string of the molecule is CCN(CC(=O)NNC(=O)c1ccccc1)Cc1cccs1. The maximum Gasteiger partial charge on any atom is 0.269 e. The Balaban J connectivity index is 1.78. The van der Waals surface area contributed by atoms with E-state index in [1.807, 2.05) is 35.4 Å². The second kappa shape index (κ2) is 8.31. The van der Waals surface area contributed by atoms with Crippen molar-refractivity contribution in [2.45, 2.75) is 13.5 Å². The summed E-state index contributed by atoms with van der Waals surface area (Å²) in [6.07, 6.45) is 0. The van der Waals surface area contributed by atoms with Gasteiger partial charge in [0.2, 0.25) is 0 Å². The molecular weight excluding hydrogens is 298 g/mol. The van der Waals surface area contributed by atoms with Crippen molar-refractivity contribution in [1.29, 1.82) is 0 Å². The van der Waals surface area contributed by atoms with Crippen LogP contribution in [0.5, 0.6) is 0 Å². The molecule has 0 aliphatic heterocycles. The first-order valence-corrected chi connectivity index (χ1v) is 7.96. The summed E-state index contributed by atoms with van der Waals surface area (Å²) in [5, 5.41) is 2.02. The van der Waals surface area contributed by atoms with Crippen LogP contribution in [-0.4, -0.2) is 29.8 Å². The molecule has 0 saturated carbocycles. The molecule has 6 heteroatoms. The summed E-state index contributed by atoms with van der Waals surface area (Å²) in [5.41, 5.74) is 5.38. The molecule has 0 aliphatic carbocycles. The van der Waals surface area contributed by atoms with Crippen molar-refractivity contribution in [3.8, 4) is 0 Å². The highest BCUT2D eigenvalue weighted by Gasteiger charge is 2.11. The molecule has 2 N–H and O–H groups in total. The fourth-order valence-electron chi connectivity index (χ4n) is 1.93. The first-order chi connectivity index (χ1) is 10.7. The number of amides is 2. The van der Waals surface area contributed by atoms with E-state index in [2.05, 4.69) is 10.9 Å². The van der Waals surface area contributed by atoms with Crippen LogP contribution in [0.1, 0.15) is 22.2 Å². The molecule has 0 bridgehead atoms. The Bertz CT molecular complexity index is 599. The van der Waals surface area contributed by atoms with Crippen LogP contribution >= 0.6 is 11.3 Å². The zero-order valence-electron chi connectivity index (χ0n) is 12.4. The van der Waals surface area contributed by atoms with Crippen molar-refractivity contribution in [3.05, 3.63) is 58.3 Å². The summed E-state index contributed by atoms with van der Waals surface area (Å²) in [6.45, 7) is 3.74. The number of carbonyl (C=O) groups excluding carboxylic acids is 2. The topological polar surface area (TPSA) is 61.4 Å². The summed E-state index contributed by atoms with van der Waals surface area (Å²) in [4.78, 5) is 27.0. The summed E-state index contributed by atoms with van der Waals surface area (Å²) in [5.74, 6) is -0.557. The Kier molecular flexibility index (Phi) is 6.12. The maximum absolute atomic E-state index is 11.9. The number of nitrogens with zero attached hydrogens (tertiary/aromatic N) is 1. The largest absolute Gasteiger partial charge is 0.290 e. The average molecular weight is 317 g/mol. The molecule has 0 fully saturated rings. The monoisotopic (exact) mass is 317 g/mol. The van der Waals surface area contributed by atoms with Gasteiger partial charge in [-0.25, -0.2) is 0 Å². The molecule has 116 valence electrons. The lowest BCUT2D eigenvalue weighted by Gasteiger charge is -2.19. The van der Waals surface area contributed by atoms with Crippen molar-refractivity contribution in [2.75, 3.05) is 13.1 Å². The van der Waals surface area contributed by atoms with Gasteiger partial charge in [-0.15, -0.1) is 11.3 Å². The van der Waals surface area contributed by atoms with Crippen molar-refractivity contribution < 1.29 is 9.59 Å². The van der Waals surface area contributed by atoms with E-state index in [-0.39, 0.29) is 18.4 Å². The lowest BCUT2D eigenvalue weighted by molar-refractivity contribution is -0.123. The molecule has 2 rings (SSSR count). The standard InChI is InChI=1S/C16H19N3O2S/c1-2-19(11-14-9-6-10-22-14)12-15(20)17-18-16(21)13-7-4-3-5-8-13/h3-10H,2,11-12H2,1H3,(H,17,20)(H,18,21). The number of carbonyl (C=O) groups is 2. The van der Waals surface area contributed by atoms with Gasteiger partial charge in [-0.2, -0.15) is 0 Å². The van der Waals surface area contributed by atoms with Crippen LogP contribution in [-0.2, 0) is 11.3 Å².